The molecule has 0 bridgehead atoms. The van der Waals surface area contributed by atoms with Crippen molar-refractivity contribution in [1.82, 2.24) is 0 Å². The molecule has 3 aliphatic rings. The maximum absolute atomic E-state index is 10.8. The fourth-order valence-corrected chi connectivity index (χ4v) is 4.75. The van der Waals surface area contributed by atoms with Gasteiger partial charge >= 0.3 is 0 Å². The molecule has 0 aliphatic carbocycles. The van der Waals surface area contributed by atoms with Crippen LogP contribution < -0.4 is 0 Å². The zero-order valence-electron chi connectivity index (χ0n) is 19.7. The van der Waals surface area contributed by atoms with E-state index in [0.29, 0.717) is 0 Å². The third kappa shape index (κ3) is 6.17. The Kier molecular flexibility index (Phi) is 10.8. The smallest absolute Gasteiger partial charge is 0.187 e. The molecule has 15 heteroatoms. The van der Waals surface area contributed by atoms with Gasteiger partial charge in [0.25, 0.3) is 0 Å². The fourth-order valence-electron chi connectivity index (χ4n) is 4.75. The van der Waals surface area contributed by atoms with Crippen molar-refractivity contribution in [3.63, 3.8) is 0 Å². The van der Waals surface area contributed by atoms with E-state index in [1.54, 1.807) is 6.92 Å². The van der Waals surface area contributed by atoms with Crippen molar-refractivity contribution >= 4 is 0 Å². The van der Waals surface area contributed by atoms with Crippen molar-refractivity contribution in [1.29, 1.82) is 0 Å². The Labute approximate surface area is 207 Å². The summed E-state index contributed by atoms with van der Waals surface area (Å²) in [7, 11) is 0. The lowest BCUT2D eigenvalue weighted by Crippen LogP contribution is -2.63. The van der Waals surface area contributed by atoms with Crippen LogP contribution in [0, 0.1) is 5.92 Å². The zero-order valence-corrected chi connectivity index (χ0v) is 19.7. The SMILES string of the molecule is CC1OC(CO)[C@@H](OC2OC(CO)C(O)[C@@H](O)C2O)C(COCC2OC(CO)C(O)[C@@H](O)C2O)C1O. The van der Waals surface area contributed by atoms with E-state index in [2.05, 4.69) is 0 Å². The van der Waals surface area contributed by atoms with Gasteiger partial charge in [-0.1, -0.05) is 0 Å². The number of hydrogen-bond donors (Lipinski definition) is 10. The minimum Gasteiger partial charge on any atom is -0.394 e. The predicted molar refractivity (Wildman–Crippen MR) is 114 cm³/mol. The van der Waals surface area contributed by atoms with Crippen LogP contribution in [0.15, 0.2) is 0 Å². The van der Waals surface area contributed by atoms with Crippen molar-refractivity contribution in [3.05, 3.63) is 0 Å². The molecule has 0 radical (unpaired) electrons. The zero-order chi connectivity index (χ0) is 26.7. The standard InChI is InChI=1S/C21H38O15/c1-7-13(25)8(5-32-6-12-16(28)17(29)14(26)9(2-22)34-12)20(11(4-24)33-7)36-21-19(31)18(30)15(27)10(3-23)35-21/h7-31H,2-6H2,1H3/t7?,8?,9?,10?,11?,12?,13?,14?,15?,16?,17-,18-,19?,20+,21?/m1/s1. The largest absolute Gasteiger partial charge is 0.394 e. The molecule has 15 atom stereocenters. The highest BCUT2D eigenvalue weighted by Gasteiger charge is 2.50. The summed E-state index contributed by atoms with van der Waals surface area (Å²) in [6.07, 6.45) is -18.8. The molecule has 3 rings (SSSR count). The molecule has 3 fully saturated rings. The summed E-state index contributed by atoms with van der Waals surface area (Å²) in [6, 6.07) is 0. The molecule has 0 saturated carbocycles. The first kappa shape index (κ1) is 29.9. The summed E-state index contributed by atoms with van der Waals surface area (Å²) in [5.41, 5.74) is 0. The third-order valence-electron chi connectivity index (χ3n) is 7.00. The van der Waals surface area contributed by atoms with Crippen LogP contribution in [-0.4, -0.2) is 170 Å². The van der Waals surface area contributed by atoms with E-state index in [9.17, 15) is 51.1 Å². The van der Waals surface area contributed by atoms with Crippen LogP contribution >= 0.6 is 0 Å². The van der Waals surface area contributed by atoms with Gasteiger partial charge < -0.3 is 74.7 Å². The van der Waals surface area contributed by atoms with Gasteiger partial charge in [0.2, 0.25) is 0 Å². The van der Waals surface area contributed by atoms with E-state index in [4.69, 9.17) is 23.7 Å². The number of ether oxygens (including phenoxy) is 5. The molecule has 212 valence electrons. The monoisotopic (exact) mass is 530 g/mol. The quantitative estimate of drug-likeness (QED) is 0.133. The first-order chi connectivity index (χ1) is 17.0. The first-order valence-corrected chi connectivity index (χ1v) is 11.8. The number of hydrogen-bond acceptors (Lipinski definition) is 15. The van der Waals surface area contributed by atoms with Gasteiger partial charge in [-0.05, 0) is 6.92 Å². The maximum atomic E-state index is 10.8. The average Bonchev–Trinajstić information content (AvgIpc) is 2.87. The second kappa shape index (κ2) is 13.0. The number of aliphatic hydroxyl groups excluding tert-OH is 10. The topological polar surface area (TPSA) is 248 Å². The Hall–Kier alpha value is -0.600. The molecule has 0 aromatic heterocycles. The summed E-state index contributed by atoms with van der Waals surface area (Å²) in [5.74, 6) is -0.900. The first-order valence-electron chi connectivity index (χ1n) is 11.8. The normalized spacial score (nSPS) is 50.2. The summed E-state index contributed by atoms with van der Waals surface area (Å²) in [5, 5.41) is 99.8. The van der Waals surface area contributed by atoms with Gasteiger partial charge in [0, 0.05) is 5.92 Å². The fraction of sp³-hybridized carbons (Fsp3) is 1.00. The Morgan fingerprint density at radius 3 is 1.67 bits per heavy atom. The molecule has 0 amide bonds. The van der Waals surface area contributed by atoms with E-state index in [1.165, 1.54) is 0 Å². The molecule has 36 heavy (non-hydrogen) atoms. The minimum atomic E-state index is -1.73. The van der Waals surface area contributed by atoms with Crippen LogP contribution in [0.5, 0.6) is 0 Å². The summed E-state index contributed by atoms with van der Waals surface area (Å²) in [4.78, 5) is 0. The van der Waals surface area contributed by atoms with Gasteiger partial charge in [-0.3, -0.25) is 0 Å². The lowest BCUT2D eigenvalue weighted by molar-refractivity contribution is -0.338. The summed E-state index contributed by atoms with van der Waals surface area (Å²) >= 11 is 0. The van der Waals surface area contributed by atoms with Gasteiger partial charge in [0.05, 0.1) is 51.3 Å². The van der Waals surface area contributed by atoms with Crippen molar-refractivity contribution in [2.45, 2.75) is 92.6 Å². The Bertz CT molecular complexity index is 667. The van der Waals surface area contributed by atoms with Crippen LogP contribution in [0.4, 0.5) is 0 Å². The lowest BCUT2D eigenvalue weighted by atomic mass is 9.86. The van der Waals surface area contributed by atoms with Crippen LogP contribution in [0.25, 0.3) is 0 Å². The van der Waals surface area contributed by atoms with Crippen molar-refractivity contribution in [2.75, 3.05) is 33.0 Å². The Morgan fingerprint density at radius 2 is 1.08 bits per heavy atom. The molecule has 3 aliphatic heterocycles. The second-order valence-electron chi connectivity index (χ2n) is 9.42. The number of rotatable bonds is 9. The van der Waals surface area contributed by atoms with E-state index in [0.717, 1.165) is 0 Å². The van der Waals surface area contributed by atoms with Crippen LogP contribution in [0.2, 0.25) is 0 Å². The molecule has 10 N–H and O–H groups in total. The van der Waals surface area contributed by atoms with E-state index >= 15 is 0 Å². The van der Waals surface area contributed by atoms with Gasteiger partial charge in [-0.15, -0.1) is 0 Å². The third-order valence-corrected chi connectivity index (χ3v) is 7.00. The average molecular weight is 531 g/mol. The summed E-state index contributed by atoms with van der Waals surface area (Å²) < 4.78 is 27.8. The Balaban J connectivity index is 1.70. The molecule has 3 saturated heterocycles. The molecule has 12 unspecified atom stereocenters. The molecule has 0 aromatic carbocycles. The maximum Gasteiger partial charge on any atom is 0.187 e. The number of aliphatic hydroxyl groups is 10. The highest BCUT2D eigenvalue weighted by atomic mass is 16.7. The van der Waals surface area contributed by atoms with E-state index in [1.807, 2.05) is 0 Å². The summed E-state index contributed by atoms with van der Waals surface area (Å²) in [6.45, 7) is -0.838. The molecule has 15 nitrogen and oxygen atoms in total. The Morgan fingerprint density at radius 1 is 0.556 bits per heavy atom. The van der Waals surface area contributed by atoms with Crippen molar-refractivity contribution in [3.8, 4) is 0 Å². The minimum absolute atomic E-state index is 0.248. The lowest BCUT2D eigenvalue weighted by Gasteiger charge is -2.47. The molecule has 0 aromatic rings. The van der Waals surface area contributed by atoms with Gasteiger partial charge in [-0.2, -0.15) is 0 Å². The van der Waals surface area contributed by atoms with Gasteiger partial charge in [-0.25, -0.2) is 0 Å². The van der Waals surface area contributed by atoms with Gasteiger partial charge in [0.15, 0.2) is 6.29 Å². The van der Waals surface area contributed by atoms with Crippen molar-refractivity contribution in [2.24, 2.45) is 5.92 Å². The van der Waals surface area contributed by atoms with Crippen LogP contribution in [0.3, 0.4) is 0 Å². The second-order valence-corrected chi connectivity index (χ2v) is 9.42. The van der Waals surface area contributed by atoms with Crippen LogP contribution in [-0.2, 0) is 23.7 Å². The predicted octanol–water partition coefficient (Wildman–Crippen LogP) is -6.21. The van der Waals surface area contributed by atoms with Crippen molar-refractivity contribution < 1.29 is 74.7 Å². The van der Waals surface area contributed by atoms with E-state index < -0.39 is 111 Å². The van der Waals surface area contributed by atoms with Gasteiger partial charge in [0.1, 0.15) is 61.0 Å². The highest BCUT2D eigenvalue weighted by molar-refractivity contribution is 4.95. The molecular formula is C21H38O15. The molecule has 3 heterocycles. The van der Waals surface area contributed by atoms with E-state index in [-0.39, 0.29) is 13.2 Å². The molecular weight excluding hydrogens is 492 g/mol. The highest BCUT2D eigenvalue weighted by Crippen LogP contribution is 2.33. The van der Waals surface area contributed by atoms with Crippen LogP contribution in [0.1, 0.15) is 6.92 Å². The molecule has 0 spiro atoms.